The van der Waals surface area contributed by atoms with Gasteiger partial charge in [0.2, 0.25) is 0 Å². The maximum atomic E-state index is 6.47. The van der Waals surface area contributed by atoms with E-state index < -0.39 is 0 Å². The van der Waals surface area contributed by atoms with Crippen LogP contribution in [-0.4, -0.2) is 4.57 Å². The van der Waals surface area contributed by atoms with Crippen molar-refractivity contribution in [3.63, 3.8) is 0 Å². The minimum absolute atomic E-state index is 0.961. The van der Waals surface area contributed by atoms with Crippen LogP contribution in [-0.2, 0) is 25.7 Å². The predicted octanol–water partition coefficient (Wildman–Crippen LogP) is 8.57. The van der Waals surface area contributed by atoms with Gasteiger partial charge in [0.1, 0.15) is 11.2 Å². The number of fused-ring (bicyclic) bond motifs is 11. The molecule has 0 amide bonds. The van der Waals surface area contributed by atoms with Gasteiger partial charge in [-0.15, -0.1) is 0 Å². The van der Waals surface area contributed by atoms with Gasteiger partial charge in [0.05, 0.1) is 11.0 Å². The van der Waals surface area contributed by atoms with Crippen LogP contribution in [0.5, 0.6) is 0 Å². The Labute approximate surface area is 209 Å². The minimum Gasteiger partial charge on any atom is -0.456 e. The summed E-state index contributed by atoms with van der Waals surface area (Å²) in [6.07, 6.45) is 4.17. The van der Waals surface area contributed by atoms with E-state index in [2.05, 4.69) is 108 Å². The second-order valence-corrected chi connectivity index (χ2v) is 10.1. The summed E-state index contributed by atoms with van der Waals surface area (Å²) in [5.41, 5.74) is 11.2. The van der Waals surface area contributed by atoms with Crippen molar-refractivity contribution in [3.8, 4) is 5.69 Å². The molecular formula is C34H25NO. The summed E-state index contributed by atoms with van der Waals surface area (Å²) in [7, 11) is 0. The molecule has 2 aromatic heterocycles. The Morgan fingerprint density at radius 1 is 0.500 bits per heavy atom. The summed E-state index contributed by atoms with van der Waals surface area (Å²) in [6, 6.07) is 37.9. The molecule has 5 aromatic carbocycles. The van der Waals surface area contributed by atoms with Gasteiger partial charge < -0.3 is 8.98 Å². The molecule has 0 fully saturated rings. The molecule has 0 radical (unpaired) electrons. The van der Waals surface area contributed by atoms with Crippen LogP contribution in [0, 0.1) is 0 Å². The Kier molecular flexibility index (Phi) is 4.21. The topological polar surface area (TPSA) is 18.1 Å². The lowest BCUT2D eigenvalue weighted by atomic mass is 9.92. The SMILES string of the molecule is c1cc2cc(c1)CCc1cc(cc3oc4ccc(-n5c6ccccc6c6ccccc65)cc4c13)CC2. The van der Waals surface area contributed by atoms with Gasteiger partial charge in [-0.3, -0.25) is 0 Å². The van der Waals surface area contributed by atoms with E-state index in [-0.39, 0.29) is 0 Å². The third kappa shape index (κ3) is 2.97. The first kappa shape index (κ1) is 19.9. The van der Waals surface area contributed by atoms with Crippen LogP contribution in [0.25, 0.3) is 49.4 Å². The molecule has 172 valence electrons. The molecule has 36 heavy (non-hydrogen) atoms. The average molecular weight is 464 g/mol. The van der Waals surface area contributed by atoms with Crippen molar-refractivity contribution in [3.05, 3.63) is 125 Å². The van der Waals surface area contributed by atoms with E-state index in [1.807, 2.05) is 0 Å². The average Bonchev–Trinajstić information content (AvgIpc) is 3.46. The molecule has 2 heterocycles. The highest BCUT2D eigenvalue weighted by atomic mass is 16.3. The monoisotopic (exact) mass is 463 g/mol. The fourth-order valence-corrected chi connectivity index (χ4v) is 6.23. The van der Waals surface area contributed by atoms with Gasteiger partial charge in [-0.2, -0.15) is 0 Å². The van der Waals surface area contributed by atoms with Gasteiger partial charge >= 0.3 is 0 Å². The maximum absolute atomic E-state index is 6.47. The Balaban J connectivity index is 1.37. The number of para-hydroxylation sites is 2. The number of hydrogen-bond acceptors (Lipinski definition) is 1. The Bertz CT molecular complexity index is 1900. The van der Waals surface area contributed by atoms with Crippen molar-refractivity contribution in [2.24, 2.45) is 0 Å². The lowest BCUT2D eigenvalue weighted by Gasteiger charge is -2.12. The zero-order valence-electron chi connectivity index (χ0n) is 20.0. The molecule has 0 atom stereocenters. The van der Waals surface area contributed by atoms with Crippen molar-refractivity contribution >= 4 is 43.7 Å². The van der Waals surface area contributed by atoms with E-state index in [9.17, 15) is 0 Å². The van der Waals surface area contributed by atoms with Gasteiger partial charge in [0, 0.05) is 27.2 Å². The maximum Gasteiger partial charge on any atom is 0.135 e. The van der Waals surface area contributed by atoms with Crippen LogP contribution in [0.4, 0.5) is 0 Å². The number of hydrogen-bond donors (Lipinski definition) is 0. The first-order valence-corrected chi connectivity index (χ1v) is 12.9. The van der Waals surface area contributed by atoms with Crippen molar-refractivity contribution < 1.29 is 4.42 Å². The minimum atomic E-state index is 0.961. The molecule has 1 aliphatic carbocycles. The number of rotatable bonds is 1. The van der Waals surface area contributed by atoms with E-state index in [0.29, 0.717) is 0 Å². The predicted molar refractivity (Wildman–Crippen MR) is 149 cm³/mol. The van der Waals surface area contributed by atoms with E-state index in [4.69, 9.17) is 4.42 Å². The van der Waals surface area contributed by atoms with E-state index >= 15 is 0 Å². The van der Waals surface area contributed by atoms with Crippen molar-refractivity contribution in [2.75, 3.05) is 0 Å². The van der Waals surface area contributed by atoms with Crippen LogP contribution < -0.4 is 0 Å². The molecule has 8 rings (SSSR count). The molecule has 0 unspecified atom stereocenters. The quantitative estimate of drug-likeness (QED) is 0.238. The second kappa shape index (κ2) is 7.60. The zero-order valence-corrected chi connectivity index (χ0v) is 20.0. The van der Waals surface area contributed by atoms with Crippen molar-refractivity contribution in [1.82, 2.24) is 4.57 Å². The van der Waals surface area contributed by atoms with Gasteiger partial charge in [0.15, 0.2) is 0 Å². The van der Waals surface area contributed by atoms with E-state index in [1.54, 1.807) is 0 Å². The van der Waals surface area contributed by atoms with Gasteiger partial charge in [-0.25, -0.2) is 0 Å². The third-order valence-electron chi connectivity index (χ3n) is 7.91. The molecule has 2 nitrogen and oxygen atoms in total. The normalized spacial score (nSPS) is 13.7. The Hall–Kier alpha value is -4.30. The Morgan fingerprint density at radius 2 is 1.19 bits per heavy atom. The number of aromatic nitrogens is 1. The highest BCUT2D eigenvalue weighted by Gasteiger charge is 2.17. The summed E-state index contributed by atoms with van der Waals surface area (Å²) in [4.78, 5) is 0. The lowest BCUT2D eigenvalue weighted by molar-refractivity contribution is 0.667. The lowest BCUT2D eigenvalue weighted by Crippen LogP contribution is -2.00. The third-order valence-corrected chi connectivity index (χ3v) is 7.91. The first-order chi connectivity index (χ1) is 17.8. The molecule has 0 aliphatic heterocycles. The van der Waals surface area contributed by atoms with Crippen LogP contribution in [0.1, 0.15) is 22.3 Å². The van der Waals surface area contributed by atoms with Crippen LogP contribution >= 0.6 is 0 Å². The molecule has 4 bridgehead atoms. The molecule has 0 saturated heterocycles. The molecule has 0 spiro atoms. The zero-order chi connectivity index (χ0) is 23.6. The number of aryl methyl sites for hydroxylation is 4. The molecule has 1 aliphatic rings. The number of furan rings is 1. The van der Waals surface area contributed by atoms with Crippen molar-refractivity contribution in [2.45, 2.75) is 25.7 Å². The molecular weight excluding hydrogens is 438 g/mol. The molecule has 0 N–H and O–H groups in total. The fourth-order valence-electron chi connectivity index (χ4n) is 6.23. The van der Waals surface area contributed by atoms with Crippen LogP contribution in [0.2, 0.25) is 0 Å². The van der Waals surface area contributed by atoms with Gasteiger partial charge in [-0.1, -0.05) is 66.7 Å². The summed E-state index contributed by atoms with van der Waals surface area (Å²) in [6.45, 7) is 0. The fraction of sp³-hybridized carbons (Fsp3) is 0.118. The molecule has 2 heteroatoms. The first-order valence-electron chi connectivity index (χ1n) is 12.9. The smallest absolute Gasteiger partial charge is 0.135 e. The summed E-state index contributed by atoms with van der Waals surface area (Å²) < 4.78 is 8.86. The summed E-state index contributed by atoms with van der Waals surface area (Å²) >= 11 is 0. The highest BCUT2D eigenvalue weighted by Crippen LogP contribution is 2.37. The number of nitrogens with zero attached hydrogens (tertiary/aromatic N) is 1. The highest BCUT2D eigenvalue weighted by molar-refractivity contribution is 6.11. The van der Waals surface area contributed by atoms with E-state index in [1.165, 1.54) is 60.5 Å². The summed E-state index contributed by atoms with van der Waals surface area (Å²) in [5, 5.41) is 5.05. The summed E-state index contributed by atoms with van der Waals surface area (Å²) in [5.74, 6) is 0. The largest absolute Gasteiger partial charge is 0.456 e. The van der Waals surface area contributed by atoms with Crippen LogP contribution in [0.3, 0.4) is 0 Å². The van der Waals surface area contributed by atoms with Gasteiger partial charge in [-0.05, 0) is 84.3 Å². The van der Waals surface area contributed by atoms with Crippen molar-refractivity contribution in [1.29, 1.82) is 0 Å². The van der Waals surface area contributed by atoms with E-state index in [0.717, 1.165) is 36.8 Å². The van der Waals surface area contributed by atoms with Crippen LogP contribution in [0.15, 0.2) is 108 Å². The molecule has 7 aromatic rings. The second-order valence-electron chi connectivity index (χ2n) is 10.1. The standard InChI is InChI=1S/C34H25NO/c1-3-10-30-27(8-1)28-9-2-4-11-31(28)35(30)26-16-17-32-29(21-26)34-25-15-14-23-7-5-6-22(18-23)12-13-24(19-25)20-33(34)36-32/h1-11,16-21H,12-15H2. The van der Waals surface area contributed by atoms with Gasteiger partial charge in [0.25, 0.3) is 0 Å². The Morgan fingerprint density at radius 3 is 1.97 bits per heavy atom. The molecule has 0 saturated carbocycles. The number of benzene rings is 5.